The van der Waals surface area contributed by atoms with Crippen LogP contribution in [0.5, 0.6) is 0 Å². The fourth-order valence-corrected chi connectivity index (χ4v) is 2.77. The van der Waals surface area contributed by atoms with E-state index in [0.717, 1.165) is 0 Å². The molecule has 4 aromatic carbocycles. The fourth-order valence-electron chi connectivity index (χ4n) is 2.77. The van der Waals surface area contributed by atoms with Crippen LogP contribution in [0.1, 0.15) is 0 Å². The first-order chi connectivity index (χ1) is 8.93. The third-order valence-corrected chi connectivity index (χ3v) is 3.65. The van der Waals surface area contributed by atoms with Gasteiger partial charge in [-0.05, 0) is 32.3 Å². The average molecular weight is 407 g/mol. The van der Waals surface area contributed by atoms with E-state index >= 15 is 0 Å². The Hall–Kier alpha value is -1.47. The van der Waals surface area contributed by atoms with E-state index in [9.17, 15) is 0 Å². The van der Waals surface area contributed by atoms with E-state index in [1.165, 1.54) is 32.3 Å². The van der Waals surface area contributed by atoms with E-state index in [1.807, 2.05) is 0 Å². The van der Waals surface area contributed by atoms with Gasteiger partial charge in [-0.15, -0.1) is 0 Å². The van der Waals surface area contributed by atoms with Crippen molar-refractivity contribution in [2.45, 2.75) is 0 Å². The number of hydrogen-bond acceptors (Lipinski definition) is 0. The van der Waals surface area contributed by atoms with Gasteiger partial charge < -0.3 is 0 Å². The molecule has 0 saturated carbocycles. The first-order valence-corrected chi connectivity index (χ1v) is 6.23. The first-order valence-electron chi connectivity index (χ1n) is 6.23. The van der Waals surface area contributed by atoms with Gasteiger partial charge in [0.05, 0.1) is 0 Å². The molecule has 0 aliphatic carbocycles. The molecular weight excluding hydrogens is 395 g/mol. The van der Waals surface area contributed by atoms with Crippen LogP contribution >= 0.6 is 0 Å². The summed E-state index contributed by atoms with van der Waals surface area (Å²) in [6.45, 7) is 0. The maximum atomic E-state index is 2.24. The van der Waals surface area contributed by atoms with Crippen LogP contribution in [0.3, 0.4) is 0 Å². The Balaban J connectivity index is 0.00000110. The van der Waals surface area contributed by atoms with Crippen molar-refractivity contribution in [2.24, 2.45) is 0 Å². The molecule has 0 aromatic heterocycles. The van der Waals surface area contributed by atoms with Gasteiger partial charge in [-0.3, -0.25) is 0 Å². The van der Waals surface area contributed by atoms with Crippen molar-refractivity contribution in [2.75, 3.05) is 0 Å². The van der Waals surface area contributed by atoms with Crippen LogP contribution in [0.2, 0.25) is 0 Å². The Kier molecular flexibility index (Phi) is 3.24. The second-order valence-electron chi connectivity index (χ2n) is 4.67. The SMILES string of the molecule is [Hf].c1ccc2c(c1)ccc1c3ccccc3ccc21. The van der Waals surface area contributed by atoms with E-state index in [-0.39, 0.29) is 25.8 Å². The first kappa shape index (κ1) is 12.6. The van der Waals surface area contributed by atoms with Gasteiger partial charge in [-0.2, -0.15) is 0 Å². The van der Waals surface area contributed by atoms with Crippen LogP contribution in [0.25, 0.3) is 32.3 Å². The monoisotopic (exact) mass is 408 g/mol. The van der Waals surface area contributed by atoms with E-state index in [4.69, 9.17) is 0 Å². The molecule has 0 atom stereocenters. The fraction of sp³-hybridized carbons (Fsp3) is 0. The molecule has 0 N–H and O–H groups in total. The van der Waals surface area contributed by atoms with Crippen molar-refractivity contribution in [1.29, 1.82) is 0 Å². The summed E-state index contributed by atoms with van der Waals surface area (Å²) in [5, 5.41) is 7.96. The van der Waals surface area contributed by atoms with Gasteiger partial charge in [0.2, 0.25) is 0 Å². The van der Waals surface area contributed by atoms with Crippen molar-refractivity contribution in [3.8, 4) is 0 Å². The number of benzene rings is 4. The van der Waals surface area contributed by atoms with Crippen molar-refractivity contribution >= 4 is 32.3 Å². The Labute approximate surface area is 130 Å². The average Bonchev–Trinajstić information content (AvgIpc) is 2.46. The molecule has 0 fully saturated rings. The van der Waals surface area contributed by atoms with E-state index in [2.05, 4.69) is 72.8 Å². The third-order valence-electron chi connectivity index (χ3n) is 3.65. The molecule has 1 heteroatoms. The summed E-state index contributed by atoms with van der Waals surface area (Å²) in [5.41, 5.74) is 0. The van der Waals surface area contributed by atoms with Crippen LogP contribution in [0.15, 0.2) is 72.8 Å². The molecule has 0 amide bonds. The topological polar surface area (TPSA) is 0 Å². The molecule has 0 bridgehead atoms. The summed E-state index contributed by atoms with van der Waals surface area (Å²) in [4.78, 5) is 0. The zero-order chi connectivity index (χ0) is 11.9. The smallest absolute Gasteiger partial charge is 0 e. The molecule has 0 spiro atoms. The van der Waals surface area contributed by atoms with Crippen LogP contribution < -0.4 is 0 Å². The maximum absolute atomic E-state index is 2.24. The van der Waals surface area contributed by atoms with Crippen LogP contribution in [0, 0.1) is 0 Å². The molecule has 4 aromatic rings. The molecule has 4 rings (SSSR count). The number of fused-ring (bicyclic) bond motifs is 5. The largest absolute Gasteiger partial charge is 0.0616 e. The zero-order valence-corrected chi connectivity index (χ0v) is 14.0. The Morgan fingerprint density at radius 3 is 1.26 bits per heavy atom. The molecule has 0 saturated heterocycles. The summed E-state index contributed by atoms with van der Waals surface area (Å²) in [6, 6.07) is 26.0. The molecule has 0 aliphatic heterocycles. The Morgan fingerprint density at radius 1 is 0.368 bits per heavy atom. The predicted octanol–water partition coefficient (Wildman–Crippen LogP) is 5.14. The van der Waals surface area contributed by atoms with Crippen LogP contribution in [-0.2, 0) is 25.8 Å². The minimum absolute atomic E-state index is 0. The molecule has 0 unspecified atom stereocenters. The Morgan fingerprint density at radius 2 is 0.789 bits per heavy atom. The molecule has 0 heterocycles. The summed E-state index contributed by atoms with van der Waals surface area (Å²) in [6.07, 6.45) is 0. The van der Waals surface area contributed by atoms with Crippen molar-refractivity contribution in [3.05, 3.63) is 72.8 Å². The second kappa shape index (κ2) is 4.90. The zero-order valence-electron chi connectivity index (χ0n) is 10.4. The van der Waals surface area contributed by atoms with Gasteiger partial charge in [0.1, 0.15) is 0 Å². The normalized spacial score (nSPS) is 10.7. The van der Waals surface area contributed by atoms with E-state index in [0.29, 0.717) is 0 Å². The van der Waals surface area contributed by atoms with Gasteiger partial charge in [-0.25, -0.2) is 0 Å². The molecule has 0 radical (unpaired) electrons. The quantitative estimate of drug-likeness (QED) is 0.280. The maximum Gasteiger partial charge on any atom is 0 e. The van der Waals surface area contributed by atoms with Crippen molar-refractivity contribution < 1.29 is 25.8 Å². The number of hydrogen-bond donors (Lipinski definition) is 0. The van der Waals surface area contributed by atoms with Gasteiger partial charge in [0.25, 0.3) is 0 Å². The minimum atomic E-state index is 0. The summed E-state index contributed by atoms with van der Waals surface area (Å²) in [7, 11) is 0. The van der Waals surface area contributed by atoms with Gasteiger partial charge in [-0.1, -0.05) is 72.8 Å². The van der Waals surface area contributed by atoms with Gasteiger partial charge >= 0.3 is 0 Å². The Bertz CT molecular complexity index is 803. The summed E-state index contributed by atoms with van der Waals surface area (Å²) in [5.74, 6) is 0. The number of rotatable bonds is 0. The van der Waals surface area contributed by atoms with E-state index < -0.39 is 0 Å². The van der Waals surface area contributed by atoms with Gasteiger partial charge in [0, 0.05) is 25.8 Å². The standard InChI is InChI=1S/C18H12.Hf/c1-3-7-15-13(5-1)9-11-18-16-8-4-2-6-14(16)10-12-17(15)18;/h1-12H;. The third kappa shape index (κ3) is 1.93. The van der Waals surface area contributed by atoms with Crippen molar-refractivity contribution in [1.82, 2.24) is 0 Å². The van der Waals surface area contributed by atoms with Crippen molar-refractivity contribution in [3.63, 3.8) is 0 Å². The van der Waals surface area contributed by atoms with E-state index in [1.54, 1.807) is 0 Å². The van der Waals surface area contributed by atoms with Crippen LogP contribution in [0.4, 0.5) is 0 Å². The second-order valence-corrected chi connectivity index (χ2v) is 4.67. The molecule has 88 valence electrons. The summed E-state index contributed by atoms with van der Waals surface area (Å²) >= 11 is 0. The summed E-state index contributed by atoms with van der Waals surface area (Å²) < 4.78 is 0. The minimum Gasteiger partial charge on any atom is -0.0616 e. The predicted molar refractivity (Wildman–Crippen MR) is 79.0 cm³/mol. The van der Waals surface area contributed by atoms with Crippen LogP contribution in [-0.4, -0.2) is 0 Å². The molecule has 0 aliphatic rings. The molecular formula is C18H12Hf. The van der Waals surface area contributed by atoms with Gasteiger partial charge in [0.15, 0.2) is 0 Å². The molecule has 0 nitrogen and oxygen atoms in total. The molecule has 19 heavy (non-hydrogen) atoms.